The van der Waals surface area contributed by atoms with E-state index in [1.807, 2.05) is 13.0 Å². The molecule has 1 aliphatic rings. The van der Waals surface area contributed by atoms with E-state index in [4.69, 9.17) is 5.41 Å². The number of rotatable bonds is 7. The number of nitrogens with zero attached hydrogens (tertiary/aromatic N) is 5. The Hall–Kier alpha value is -3.35. The van der Waals surface area contributed by atoms with E-state index in [0.717, 1.165) is 5.56 Å². The quantitative estimate of drug-likeness (QED) is 0.357. The molecule has 1 saturated heterocycles. The van der Waals surface area contributed by atoms with Crippen LogP contribution in [0.15, 0.2) is 47.6 Å². The molecule has 2 aromatic carbocycles. The van der Waals surface area contributed by atoms with Crippen LogP contribution in [0.1, 0.15) is 36.6 Å². The molecule has 0 bridgehead atoms. The summed E-state index contributed by atoms with van der Waals surface area (Å²) in [5, 5.41) is 19.6. The molecule has 1 fully saturated rings. The smallest absolute Gasteiger partial charge is 0.304 e. The molecule has 4 rings (SSSR count). The van der Waals surface area contributed by atoms with Gasteiger partial charge in [0.1, 0.15) is 23.4 Å². The molecular formula is C25H29F2N7O2S. The average molecular weight is 530 g/mol. The predicted octanol–water partition coefficient (Wildman–Crippen LogP) is 3.66. The van der Waals surface area contributed by atoms with Crippen molar-refractivity contribution >= 4 is 34.9 Å². The van der Waals surface area contributed by atoms with Gasteiger partial charge >= 0.3 is 5.03 Å². The number of aromatic nitrogens is 3. The summed E-state index contributed by atoms with van der Waals surface area (Å²) in [5.41, 5.74) is 1.22. The number of carbonyl (C=O) groups excluding carboxylic acids is 1. The number of piperazine rings is 1. The second-order valence-corrected chi connectivity index (χ2v) is 10.8. The molecule has 0 spiro atoms. The van der Waals surface area contributed by atoms with Gasteiger partial charge in [-0.2, -0.15) is 9.90 Å². The van der Waals surface area contributed by atoms with Gasteiger partial charge in [-0.05, 0) is 68.3 Å². The number of aryl methyl sites for hydroxylation is 2. The van der Waals surface area contributed by atoms with Gasteiger partial charge < -0.3 is 20.2 Å². The fraction of sp³-hybridized carbons (Fsp3) is 0.360. The Morgan fingerprint density at radius 3 is 2.57 bits per heavy atom. The molecule has 37 heavy (non-hydrogen) atoms. The minimum absolute atomic E-state index is 0.164. The summed E-state index contributed by atoms with van der Waals surface area (Å²) in [7, 11) is 1.63. The van der Waals surface area contributed by atoms with Crippen LogP contribution < -0.4 is 5.32 Å². The molecule has 3 aromatic rings. The van der Waals surface area contributed by atoms with Crippen molar-refractivity contribution in [3.63, 3.8) is 0 Å². The molecule has 0 saturated carbocycles. The van der Waals surface area contributed by atoms with Gasteiger partial charge in [-0.3, -0.25) is 4.79 Å². The molecule has 196 valence electrons. The number of hydrogen-bond acceptors (Lipinski definition) is 7. The summed E-state index contributed by atoms with van der Waals surface area (Å²) in [6.07, 6.45) is 2.61. The highest BCUT2D eigenvalue weighted by molar-refractivity contribution is 7.89. The Morgan fingerprint density at radius 1 is 1.27 bits per heavy atom. The summed E-state index contributed by atoms with van der Waals surface area (Å²) < 4.78 is 43.0. The van der Waals surface area contributed by atoms with E-state index in [9.17, 15) is 18.1 Å². The Labute approximate surface area is 217 Å². The lowest BCUT2D eigenvalue weighted by Gasteiger charge is -2.42. The third-order valence-electron chi connectivity index (χ3n) is 6.18. The van der Waals surface area contributed by atoms with Crippen LogP contribution in [-0.4, -0.2) is 66.2 Å². The summed E-state index contributed by atoms with van der Waals surface area (Å²) in [6, 6.07) is 8.86. The second kappa shape index (κ2) is 10.6. The molecule has 2 N–H and O–H groups in total. The fourth-order valence-corrected chi connectivity index (χ4v) is 5.43. The molecule has 1 amide bonds. The zero-order chi connectivity index (χ0) is 26.9. The summed E-state index contributed by atoms with van der Waals surface area (Å²) in [4.78, 5) is 15.9. The normalized spacial score (nSPS) is 17.5. The Balaban J connectivity index is 1.70. The van der Waals surface area contributed by atoms with E-state index >= 15 is 0 Å². The predicted molar refractivity (Wildman–Crippen MR) is 137 cm³/mol. The second-order valence-electron chi connectivity index (χ2n) is 9.37. The van der Waals surface area contributed by atoms with Crippen molar-refractivity contribution < 1.29 is 18.1 Å². The minimum Gasteiger partial charge on any atom is -0.591 e. The Bertz CT molecular complexity index is 1290. The number of anilines is 2. The summed E-state index contributed by atoms with van der Waals surface area (Å²) in [5.74, 6) is -1.02. The van der Waals surface area contributed by atoms with Crippen molar-refractivity contribution in [1.82, 2.24) is 24.2 Å². The maximum absolute atomic E-state index is 14.8. The lowest BCUT2D eigenvalue weighted by Crippen LogP contribution is -2.55. The Morgan fingerprint density at radius 2 is 1.97 bits per heavy atom. The van der Waals surface area contributed by atoms with E-state index in [0.29, 0.717) is 27.5 Å². The van der Waals surface area contributed by atoms with Crippen LogP contribution in [0.5, 0.6) is 0 Å². The molecule has 0 radical (unpaired) electrons. The number of carbonyl (C=O) groups is 1. The highest BCUT2D eigenvalue weighted by atomic mass is 32.2. The Kier molecular flexibility index (Phi) is 7.62. The first-order valence-electron chi connectivity index (χ1n) is 11.7. The molecule has 12 heteroatoms. The van der Waals surface area contributed by atoms with E-state index in [1.54, 1.807) is 29.6 Å². The highest BCUT2D eigenvalue weighted by Crippen LogP contribution is 2.35. The maximum Gasteiger partial charge on any atom is 0.304 e. The van der Waals surface area contributed by atoms with Crippen LogP contribution in [-0.2, 0) is 23.2 Å². The van der Waals surface area contributed by atoms with E-state index < -0.39 is 29.0 Å². The molecule has 1 aliphatic heterocycles. The third-order valence-corrected chi connectivity index (χ3v) is 7.53. The van der Waals surface area contributed by atoms with Crippen molar-refractivity contribution in [1.29, 1.82) is 5.41 Å². The van der Waals surface area contributed by atoms with E-state index in [2.05, 4.69) is 15.5 Å². The number of nitrogens with one attached hydrogen (secondary N) is 2. The van der Waals surface area contributed by atoms with Crippen LogP contribution >= 0.6 is 0 Å². The standard InChI is InChI=1S/C25H29F2N7O2S/c1-16-11-21(30-19-7-5-18(26)6-8-19)17(13-28)12-20(16)22-15-33(37(36)23-14-29-32(4)31-23)9-10-34(22)24(35)25(2,3)27/h5-8,11-14,22,28,30H,9-10,15H2,1-4H3. The zero-order valence-corrected chi connectivity index (χ0v) is 21.9. The van der Waals surface area contributed by atoms with Crippen LogP contribution in [0.2, 0.25) is 0 Å². The van der Waals surface area contributed by atoms with Gasteiger partial charge in [-0.15, -0.1) is 9.40 Å². The van der Waals surface area contributed by atoms with Gasteiger partial charge in [0, 0.05) is 36.7 Å². The molecule has 2 atom stereocenters. The number of amides is 1. The number of alkyl halides is 1. The van der Waals surface area contributed by atoms with Crippen LogP contribution in [0.4, 0.5) is 20.2 Å². The van der Waals surface area contributed by atoms with Gasteiger partial charge in [0.15, 0.2) is 5.67 Å². The summed E-state index contributed by atoms with van der Waals surface area (Å²) in [6.45, 7) is 4.92. The molecule has 9 nitrogen and oxygen atoms in total. The number of benzene rings is 2. The zero-order valence-electron chi connectivity index (χ0n) is 21.0. The summed E-state index contributed by atoms with van der Waals surface area (Å²) >= 11 is -1.62. The van der Waals surface area contributed by atoms with Crippen LogP contribution in [0.25, 0.3) is 0 Å². The molecule has 2 unspecified atom stereocenters. The van der Waals surface area contributed by atoms with Crippen LogP contribution in [0, 0.1) is 18.2 Å². The van der Waals surface area contributed by atoms with Gasteiger partial charge in [-0.1, -0.05) is 0 Å². The van der Waals surface area contributed by atoms with Crippen molar-refractivity contribution in [2.24, 2.45) is 7.05 Å². The SMILES string of the molecule is Cc1cc(Nc2ccc(F)cc2)c(C=N)cc1C1CN([S+]([O-])c2cnn(C)n2)CCN1C(=O)C(C)(C)F. The first kappa shape index (κ1) is 26.7. The molecule has 0 aliphatic carbocycles. The molecule has 2 heterocycles. The van der Waals surface area contributed by atoms with E-state index in [1.165, 1.54) is 48.1 Å². The van der Waals surface area contributed by atoms with Crippen molar-refractivity contribution in [2.75, 3.05) is 25.0 Å². The van der Waals surface area contributed by atoms with Crippen LogP contribution in [0.3, 0.4) is 0 Å². The lowest BCUT2D eigenvalue weighted by atomic mass is 9.94. The van der Waals surface area contributed by atoms with Gasteiger partial charge in [0.25, 0.3) is 5.91 Å². The van der Waals surface area contributed by atoms with Gasteiger partial charge in [-0.25, -0.2) is 8.78 Å². The molecular weight excluding hydrogens is 500 g/mol. The van der Waals surface area contributed by atoms with Gasteiger partial charge in [0.05, 0.1) is 19.1 Å². The first-order chi connectivity index (χ1) is 17.5. The topological polar surface area (TPSA) is 113 Å². The van der Waals surface area contributed by atoms with E-state index in [-0.39, 0.29) is 25.5 Å². The maximum atomic E-state index is 14.8. The minimum atomic E-state index is -2.09. The third kappa shape index (κ3) is 5.81. The highest BCUT2D eigenvalue weighted by Gasteiger charge is 2.43. The van der Waals surface area contributed by atoms with Crippen molar-refractivity contribution in [3.8, 4) is 0 Å². The fourth-order valence-electron chi connectivity index (χ4n) is 4.32. The number of hydrogen-bond donors (Lipinski definition) is 2. The lowest BCUT2D eigenvalue weighted by molar-refractivity contribution is -0.146. The van der Waals surface area contributed by atoms with Crippen molar-refractivity contribution in [2.45, 2.75) is 37.5 Å². The molecule has 1 aromatic heterocycles. The van der Waals surface area contributed by atoms with Crippen molar-refractivity contribution in [3.05, 3.63) is 65.1 Å². The monoisotopic (exact) mass is 529 g/mol. The number of halogens is 2. The average Bonchev–Trinajstić information content (AvgIpc) is 3.30. The van der Waals surface area contributed by atoms with Gasteiger partial charge in [0.2, 0.25) is 0 Å². The largest absolute Gasteiger partial charge is 0.591 e. The first-order valence-corrected chi connectivity index (χ1v) is 12.8.